The number of benzene rings is 2. The molecule has 150 valence electrons. The van der Waals surface area contributed by atoms with Crippen LogP contribution < -0.4 is 19.5 Å². The Kier molecular flexibility index (Phi) is 4.68. The van der Waals surface area contributed by atoms with Crippen LogP contribution >= 0.6 is 11.3 Å². The van der Waals surface area contributed by atoms with E-state index in [2.05, 4.69) is 15.3 Å². The maximum atomic E-state index is 12.4. The molecule has 0 fully saturated rings. The second-order valence-electron chi connectivity index (χ2n) is 6.68. The third kappa shape index (κ3) is 3.53. The Labute approximate surface area is 176 Å². The first-order chi connectivity index (χ1) is 14.7. The highest BCUT2D eigenvalue weighted by atomic mass is 32.1. The van der Waals surface area contributed by atoms with E-state index in [0.717, 1.165) is 32.2 Å². The number of hydrogen-bond acceptors (Lipinski definition) is 7. The molecule has 0 spiro atoms. The average molecular weight is 419 g/mol. The minimum Gasteiger partial charge on any atom is -0.484 e. The quantitative estimate of drug-likeness (QED) is 0.516. The number of nitrogens with zero attached hydrogens (tertiary/aromatic N) is 2. The van der Waals surface area contributed by atoms with E-state index in [0.29, 0.717) is 17.2 Å². The number of anilines is 1. The second-order valence-corrected chi connectivity index (χ2v) is 7.65. The molecule has 2 aromatic carbocycles. The molecule has 0 aliphatic carbocycles. The summed E-state index contributed by atoms with van der Waals surface area (Å²) in [5, 5.41) is 3.79. The van der Waals surface area contributed by atoms with E-state index in [1.807, 2.05) is 37.3 Å². The van der Waals surface area contributed by atoms with Gasteiger partial charge in [0.1, 0.15) is 21.1 Å². The van der Waals surface area contributed by atoms with E-state index in [1.54, 1.807) is 24.4 Å². The van der Waals surface area contributed by atoms with Crippen molar-refractivity contribution in [1.82, 2.24) is 9.97 Å². The highest BCUT2D eigenvalue weighted by Gasteiger charge is 2.16. The monoisotopic (exact) mass is 419 g/mol. The maximum absolute atomic E-state index is 12.4. The first-order valence-electron chi connectivity index (χ1n) is 9.31. The topological polar surface area (TPSA) is 82.6 Å². The number of nitrogens with one attached hydrogen (secondary N) is 1. The van der Waals surface area contributed by atoms with Crippen LogP contribution in [0.2, 0.25) is 0 Å². The smallest absolute Gasteiger partial charge is 0.262 e. The van der Waals surface area contributed by atoms with Crippen LogP contribution in [0.25, 0.3) is 20.9 Å². The number of rotatable bonds is 5. The van der Waals surface area contributed by atoms with Gasteiger partial charge < -0.3 is 19.5 Å². The fourth-order valence-corrected chi connectivity index (χ4v) is 4.18. The normalized spacial score (nSPS) is 12.2. The van der Waals surface area contributed by atoms with Gasteiger partial charge in [0.25, 0.3) is 5.91 Å². The van der Waals surface area contributed by atoms with E-state index in [4.69, 9.17) is 14.2 Å². The van der Waals surface area contributed by atoms with Crippen LogP contribution in [0.15, 0.2) is 54.7 Å². The lowest BCUT2D eigenvalue weighted by molar-refractivity contribution is -0.118. The highest BCUT2D eigenvalue weighted by Crippen LogP contribution is 2.35. The summed E-state index contributed by atoms with van der Waals surface area (Å²) in [6.45, 7) is 2.04. The van der Waals surface area contributed by atoms with Gasteiger partial charge in [0, 0.05) is 23.5 Å². The summed E-state index contributed by atoms with van der Waals surface area (Å²) in [6, 6.07) is 14.8. The molecule has 1 amide bonds. The first kappa shape index (κ1) is 18.4. The molecule has 1 aliphatic heterocycles. The van der Waals surface area contributed by atoms with Gasteiger partial charge in [-0.1, -0.05) is 23.5 Å². The van der Waals surface area contributed by atoms with Gasteiger partial charge in [-0.2, -0.15) is 0 Å². The number of carbonyl (C=O) groups is 1. The van der Waals surface area contributed by atoms with E-state index >= 15 is 0 Å². The fraction of sp³-hybridized carbons (Fsp3) is 0.136. The predicted octanol–water partition coefficient (Wildman–Crippen LogP) is 4.41. The third-order valence-electron chi connectivity index (χ3n) is 4.72. The van der Waals surface area contributed by atoms with Gasteiger partial charge in [0.05, 0.1) is 0 Å². The SMILES string of the molecule is Cc1c(NC(=O)COc2ccc3c(c2)OCO3)cccc1-c1nc2cccnc2s1. The van der Waals surface area contributed by atoms with Gasteiger partial charge in [-0.05, 0) is 42.8 Å². The Morgan fingerprint density at radius 1 is 1.17 bits per heavy atom. The molecule has 5 rings (SSSR count). The zero-order valence-corrected chi connectivity index (χ0v) is 16.9. The maximum Gasteiger partial charge on any atom is 0.262 e. The number of pyridine rings is 1. The summed E-state index contributed by atoms with van der Waals surface area (Å²) in [5.41, 5.74) is 3.49. The number of amides is 1. The lowest BCUT2D eigenvalue weighted by Crippen LogP contribution is -2.20. The predicted molar refractivity (Wildman–Crippen MR) is 114 cm³/mol. The number of carbonyl (C=O) groups excluding carboxylic acids is 1. The van der Waals surface area contributed by atoms with E-state index in [1.165, 1.54) is 11.3 Å². The lowest BCUT2D eigenvalue weighted by Gasteiger charge is -2.12. The molecule has 4 aromatic rings. The molecule has 0 saturated carbocycles. The van der Waals surface area contributed by atoms with Crippen LogP contribution in [0, 0.1) is 6.92 Å². The van der Waals surface area contributed by atoms with Crippen molar-refractivity contribution in [2.45, 2.75) is 6.92 Å². The minimum absolute atomic E-state index is 0.117. The van der Waals surface area contributed by atoms with Crippen molar-refractivity contribution in [2.75, 3.05) is 18.7 Å². The number of hydrogen-bond donors (Lipinski definition) is 1. The fourth-order valence-electron chi connectivity index (χ4n) is 3.19. The molecule has 30 heavy (non-hydrogen) atoms. The van der Waals surface area contributed by atoms with E-state index < -0.39 is 0 Å². The van der Waals surface area contributed by atoms with Crippen molar-refractivity contribution in [3.63, 3.8) is 0 Å². The second kappa shape index (κ2) is 7.64. The zero-order chi connectivity index (χ0) is 20.5. The summed E-state index contributed by atoms with van der Waals surface area (Å²) in [5.74, 6) is 1.58. The van der Waals surface area contributed by atoms with Crippen LogP contribution in [0.5, 0.6) is 17.2 Å². The molecule has 3 heterocycles. The van der Waals surface area contributed by atoms with Gasteiger partial charge in [0.15, 0.2) is 18.1 Å². The van der Waals surface area contributed by atoms with Gasteiger partial charge in [-0.3, -0.25) is 4.79 Å². The Morgan fingerprint density at radius 3 is 2.97 bits per heavy atom. The molecule has 7 nitrogen and oxygen atoms in total. The van der Waals surface area contributed by atoms with Crippen molar-refractivity contribution >= 4 is 33.3 Å². The summed E-state index contributed by atoms with van der Waals surface area (Å²) in [7, 11) is 0. The summed E-state index contributed by atoms with van der Waals surface area (Å²) in [4.78, 5) is 22.4. The van der Waals surface area contributed by atoms with Crippen molar-refractivity contribution in [1.29, 1.82) is 0 Å². The zero-order valence-electron chi connectivity index (χ0n) is 16.0. The number of ether oxygens (including phenoxy) is 3. The number of thiazole rings is 1. The van der Waals surface area contributed by atoms with E-state index in [-0.39, 0.29) is 19.3 Å². The van der Waals surface area contributed by atoms with Crippen molar-refractivity contribution in [2.24, 2.45) is 0 Å². The van der Waals surface area contributed by atoms with Crippen LogP contribution in [-0.4, -0.2) is 29.3 Å². The molecule has 0 atom stereocenters. The van der Waals surface area contributed by atoms with Gasteiger partial charge in [0.2, 0.25) is 6.79 Å². The van der Waals surface area contributed by atoms with Crippen LogP contribution in [0.1, 0.15) is 5.56 Å². The summed E-state index contributed by atoms with van der Waals surface area (Å²) < 4.78 is 16.2. The standard InChI is InChI=1S/C22H17N3O4S/c1-13-15(21-25-17-6-3-9-23-22(17)30-21)4-2-5-16(13)24-20(26)11-27-14-7-8-18-19(10-14)29-12-28-18/h2-10H,11-12H2,1H3,(H,24,26). The molecule has 1 N–H and O–H groups in total. The Hall–Kier alpha value is -3.65. The Bertz CT molecular complexity index is 1220. The Balaban J connectivity index is 1.30. The van der Waals surface area contributed by atoms with Gasteiger partial charge >= 0.3 is 0 Å². The summed E-state index contributed by atoms with van der Waals surface area (Å²) >= 11 is 1.53. The van der Waals surface area contributed by atoms with Crippen molar-refractivity contribution < 1.29 is 19.0 Å². The third-order valence-corrected chi connectivity index (χ3v) is 5.73. The van der Waals surface area contributed by atoms with Crippen molar-refractivity contribution in [3.05, 3.63) is 60.3 Å². The molecule has 1 aliphatic rings. The minimum atomic E-state index is -0.251. The summed E-state index contributed by atoms with van der Waals surface area (Å²) in [6.07, 6.45) is 1.76. The van der Waals surface area contributed by atoms with Crippen LogP contribution in [0.4, 0.5) is 5.69 Å². The molecule has 0 bridgehead atoms. The first-order valence-corrected chi connectivity index (χ1v) is 10.1. The molecule has 0 saturated heterocycles. The van der Waals surface area contributed by atoms with Crippen LogP contribution in [0.3, 0.4) is 0 Å². The van der Waals surface area contributed by atoms with Gasteiger partial charge in [-0.25, -0.2) is 9.97 Å². The molecule has 8 heteroatoms. The largest absolute Gasteiger partial charge is 0.484 e. The molecular weight excluding hydrogens is 402 g/mol. The molecular formula is C22H17N3O4S. The van der Waals surface area contributed by atoms with Crippen molar-refractivity contribution in [3.8, 4) is 27.8 Å². The highest BCUT2D eigenvalue weighted by molar-refractivity contribution is 7.21. The van der Waals surface area contributed by atoms with Crippen LogP contribution in [-0.2, 0) is 4.79 Å². The Morgan fingerprint density at radius 2 is 2.07 bits per heavy atom. The molecule has 0 unspecified atom stereocenters. The van der Waals surface area contributed by atoms with Gasteiger partial charge in [-0.15, -0.1) is 0 Å². The number of aromatic nitrogens is 2. The average Bonchev–Trinajstić information content (AvgIpc) is 3.40. The van der Waals surface area contributed by atoms with E-state index in [9.17, 15) is 4.79 Å². The number of fused-ring (bicyclic) bond motifs is 2. The lowest BCUT2D eigenvalue weighted by atomic mass is 10.1. The molecule has 2 aromatic heterocycles. The molecule has 0 radical (unpaired) electrons.